The Bertz CT molecular complexity index is 1550. The molecule has 3 fully saturated rings. The average Bonchev–Trinajstić information content (AvgIpc) is 3.24. The van der Waals surface area contributed by atoms with Crippen LogP contribution in [0.2, 0.25) is 0 Å². The maximum atomic E-state index is 14.2. The molecule has 6 atom stereocenters. The van der Waals surface area contributed by atoms with Crippen molar-refractivity contribution in [3.8, 4) is 11.5 Å². The smallest absolute Gasteiger partial charge is 0.258 e. The third kappa shape index (κ3) is 3.35. The van der Waals surface area contributed by atoms with Crippen LogP contribution in [0.3, 0.4) is 0 Å². The summed E-state index contributed by atoms with van der Waals surface area (Å²) in [4.78, 5) is 50.6. The zero-order valence-electron chi connectivity index (χ0n) is 20.6. The van der Waals surface area contributed by atoms with E-state index in [2.05, 4.69) is 15.9 Å². The first-order valence-corrected chi connectivity index (χ1v) is 13.8. The van der Waals surface area contributed by atoms with Gasteiger partial charge in [-0.15, -0.1) is 23.2 Å². The van der Waals surface area contributed by atoms with Crippen molar-refractivity contribution >= 4 is 68.4 Å². The van der Waals surface area contributed by atoms with Gasteiger partial charge in [0.25, 0.3) is 23.6 Å². The number of carbonyl (C=O) groups is 4. The number of alkyl halides is 2. The molecule has 2 saturated heterocycles. The Hall–Kier alpha value is -2.99. The zero-order chi connectivity index (χ0) is 28.9. The summed E-state index contributed by atoms with van der Waals surface area (Å²) >= 11 is 17.7. The largest absolute Gasteiger partial charge is 0.503 e. The van der Waals surface area contributed by atoms with Crippen molar-refractivity contribution in [2.24, 2.45) is 17.8 Å². The fraction of sp³-hybridized carbons (Fsp3) is 0.333. The maximum absolute atomic E-state index is 14.2. The van der Waals surface area contributed by atoms with Gasteiger partial charge in [-0.3, -0.25) is 24.4 Å². The second-order valence-corrected chi connectivity index (χ2v) is 12.4. The molecule has 4 amide bonds. The number of imide groups is 2. The molecule has 2 aliphatic heterocycles. The van der Waals surface area contributed by atoms with E-state index in [-0.39, 0.29) is 39.6 Å². The Morgan fingerprint density at radius 2 is 1.73 bits per heavy atom. The summed E-state index contributed by atoms with van der Waals surface area (Å²) in [5, 5.41) is 20.7. The van der Waals surface area contributed by atoms with E-state index in [4.69, 9.17) is 27.9 Å². The third-order valence-corrected chi connectivity index (χ3v) is 10.5. The number of ether oxygens (including phenoxy) is 1. The van der Waals surface area contributed by atoms with Crippen molar-refractivity contribution in [1.29, 1.82) is 0 Å². The molecule has 2 aromatic rings. The van der Waals surface area contributed by atoms with Crippen LogP contribution < -0.4 is 9.64 Å². The second kappa shape index (κ2) is 9.01. The van der Waals surface area contributed by atoms with Gasteiger partial charge in [-0.05, 0) is 76.7 Å². The molecule has 2 N–H and O–H groups in total. The fourth-order valence-corrected chi connectivity index (χ4v) is 8.07. The number of allylic oxidation sites excluding steroid dienone is 2. The number of anilines is 1. The number of hydrogen-bond acceptors (Lipinski definition) is 7. The Morgan fingerprint density at radius 3 is 2.38 bits per heavy atom. The summed E-state index contributed by atoms with van der Waals surface area (Å²) in [5.74, 6) is -7.96. The van der Waals surface area contributed by atoms with Crippen molar-refractivity contribution in [2.75, 3.05) is 12.0 Å². The van der Waals surface area contributed by atoms with Crippen molar-refractivity contribution in [1.82, 2.24) is 5.06 Å². The molecule has 1 saturated carbocycles. The van der Waals surface area contributed by atoms with Gasteiger partial charge >= 0.3 is 0 Å². The lowest BCUT2D eigenvalue weighted by atomic mass is 9.56. The number of phenols is 1. The number of methoxy groups -OCH3 is 1. The summed E-state index contributed by atoms with van der Waals surface area (Å²) in [6, 6.07) is 7.65. The maximum Gasteiger partial charge on any atom is 0.258 e. The molecular formula is C27H20BrCl2FN2O7. The summed E-state index contributed by atoms with van der Waals surface area (Å²) in [5.41, 5.74) is 0.888. The number of fused-ring (bicyclic) bond motifs is 4. The van der Waals surface area contributed by atoms with Crippen LogP contribution in [0.5, 0.6) is 11.5 Å². The molecular weight excluding hydrogens is 634 g/mol. The van der Waals surface area contributed by atoms with E-state index in [0.29, 0.717) is 11.1 Å². The molecule has 208 valence electrons. The number of nitrogens with zero attached hydrogens (tertiary/aromatic N) is 2. The highest BCUT2D eigenvalue weighted by atomic mass is 79.9. The van der Waals surface area contributed by atoms with Crippen LogP contribution in [0.1, 0.15) is 24.3 Å². The molecule has 2 aromatic carbocycles. The number of halogens is 4. The highest BCUT2D eigenvalue weighted by Crippen LogP contribution is 2.66. The Labute approximate surface area is 245 Å². The monoisotopic (exact) mass is 652 g/mol. The lowest BCUT2D eigenvalue weighted by Gasteiger charge is -2.50. The minimum atomic E-state index is -2.14. The quantitative estimate of drug-likeness (QED) is 0.220. The molecule has 6 unspecified atom stereocenters. The molecule has 0 bridgehead atoms. The number of aromatic hydroxyl groups is 1. The number of amides is 4. The first-order chi connectivity index (χ1) is 18.9. The summed E-state index contributed by atoms with van der Waals surface area (Å²) in [6.07, 6.45) is 1.50. The molecule has 9 nitrogen and oxygen atoms in total. The Balaban J connectivity index is 1.60. The third-order valence-electron chi connectivity index (χ3n) is 8.48. The molecule has 0 radical (unpaired) electrons. The zero-order valence-corrected chi connectivity index (χ0v) is 23.7. The molecule has 4 aliphatic rings. The highest BCUT2D eigenvalue weighted by molar-refractivity contribution is 9.10. The normalized spacial score (nSPS) is 33.1. The first kappa shape index (κ1) is 27.2. The Morgan fingerprint density at radius 1 is 1.05 bits per heavy atom. The Kier molecular flexibility index (Phi) is 6.12. The first-order valence-electron chi connectivity index (χ1n) is 12.2. The number of hydrogen-bond donors (Lipinski definition) is 2. The molecule has 0 aromatic heterocycles. The van der Waals surface area contributed by atoms with Crippen molar-refractivity contribution in [3.05, 3.63) is 63.9 Å². The van der Waals surface area contributed by atoms with Gasteiger partial charge in [-0.2, -0.15) is 5.06 Å². The van der Waals surface area contributed by atoms with Gasteiger partial charge < -0.3 is 9.84 Å². The van der Waals surface area contributed by atoms with Gasteiger partial charge in [0.2, 0.25) is 0 Å². The van der Waals surface area contributed by atoms with Crippen LogP contribution in [-0.4, -0.2) is 55.9 Å². The van der Waals surface area contributed by atoms with Crippen LogP contribution in [0.4, 0.5) is 10.1 Å². The predicted octanol–water partition coefficient (Wildman–Crippen LogP) is 4.26. The van der Waals surface area contributed by atoms with E-state index in [1.807, 2.05) is 0 Å². The van der Waals surface area contributed by atoms with Crippen LogP contribution >= 0.6 is 39.1 Å². The van der Waals surface area contributed by atoms with Gasteiger partial charge in [0.15, 0.2) is 21.2 Å². The SMILES string of the molecule is COc1cc(C2C3=CCC4C(=O)N(O)C(=O)C4C3CC3(Cl)C(=O)N(c4ccc(F)cc4)C(=O)C23Cl)cc(Br)c1O. The van der Waals surface area contributed by atoms with E-state index in [1.165, 1.54) is 31.4 Å². The number of benzene rings is 2. The number of carbonyl (C=O) groups excluding carboxylic acids is 4. The number of phenolic OH excluding ortho intramolecular Hbond substituents is 1. The van der Waals surface area contributed by atoms with Gasteiger partial charge in [0.1, 0.15) is 5.82 Å². The predicted molar refractivity (Wildman–Crippen MR) is 143 cm³/mol. The standard InChI is InChI=1S/C27H20BrCl2FN2O7/c1-40-18-9-11(8-17(28)21(18)34)20-14-6-7-15-19(23(36)33(39)22(15)35)16(14)10-26(29)24(37)32(25(38)27(20,26)30)13-4-2-12(31)3-5-13/h2-6,8-9,15-16,19-20,34,39H,7,10H2,1H3. The average molecular weight is 654 g/mol. The van der Waals surface area contributed by atoms with Crippen LogP contribution in [0.25, 0.3) is 0 Å². The molecule has 2 aliphatic carbocycles. The van der Waals surface area contributed by atoms with Gasteiger partial charge in [-0.25, -0.2) is 9.29 Å². The minimum absolute atomic E-state index is 0.0436. The summed E-state index contributed by atoms with van der Waals surface area (Å²) in [6.45, 7) is 0. The van der Waals surface area contributed by atoms with E-state index < -0.39 is 62.9 Å². The van der Waals surface area contributed by atoms with E-state index in [1.54, 1.807) is 6.08 Å². The second-order valence-electron chi connectivity index (χ2n) is 10.3. The molecule has 6 rings (SSSR count). The lowest BCUT2D eigenvalue weighted by Crippen LogP contribution is -2.60. The van der Waals surface area contributed by atoms with Gasteiger partial charge in [-0.1, -0.05) is 11.6 Å². The number of rotatable bonds is 3. The van der Waals surface area contributed by atoms with Crippen LogP contribution in [-0.2, 0) is 19.2 Å². The highest BCUT2D eigenvalue weighted by Gasteiger charge is 2.76. The van der Waals surface area contributed by atoms with Crippen LogP contribution in [0.15, 0.2) is 52.5 Å². The van der Waals surface area contributed by atoms with E-state index in [9.17, 15) is 33.9 Å². The van der Waals surface area contributed by atoms with Crippen molar-refractivity contribution in [2.45, 2.75) is 28.5 Å². The van der Waals surface area contributed by atoms with E-state index in [0.717, 1.165) is 17.0 Å². The van der Waals surface area contributed by atoms with Gasteiger partial charge in [0.05, 0.1) is 29.1 Å². The van der Waals surface area contributed by atoms with Crippen molar-refractivity contribution < 1.29 is 38.6 Å². The lowest BCUT2D eigenvalue weighted by molar-refractivity contribution is -0.173. The molecule has 2 heterocycles. The summed E-state index contributed by atoms with van der Waals surface area (Å²) < 4.78 is 19.2. The topological polar surface area (TPSA) is 124 Å². The number of hydroxylamine groups is 2. The van der Waals surface area contributed by atoms with E-state index >= 15 is 0 Å². The molecule has 13 heteroatoms. The molecule has 40 heavy (non-hydrogen) atoms. The minimum Gasteiger partial charge on any atom is -0.503 e. The van der Waals surface area contributed by atoms with Crippen molar-refractivity contribution in [3.63, 3.8) is 0 Å². The fourth-order valence-electron chi connectivity index (χ4n) is 6.67. The summed E-state index contributed by atoms with van der Waals surface area (Å²) in [7, 11) is 1.33. The van der Waals surface area contributed by atoms with Gasteiger partial charge in [0, 0.05) is 5.92 Å². The van der Waals surface area contributed by atoms with Crippen LogP contribution in [0, 0.1) is 23.6 Å². The molecule has 0 spiro atoms.